The van der Waals surface area contributed by atoms with Gasteiger partial charge < -0.3 is 10.6 Å². The predicted octanol–water partition coefficient (Wildman–Crippen LogP) is 13.8. The average Bonchev–Trinajstić information content (AvgIpc) is 3.18. The second-order valence-corrected chi connectivity index (χ2v) is 21.1. The first kappa shape index (κ1) is 41.5. The van der Waals surface area contributed by atoms with Crippen molar-refractivity contribution in [1.82, 2.24) is 10.6 Å². The van der Waals surface area contributed by atoms with Gasteiger partial charge in [-0.1, -0.05) is 177 Å². The molecule has 2 aliphatic rings. The van der Waals surface area contributed by atoms with Crippen molar-refractivity contribution < 1.29 is 0 Å². The Morgan fingerprint density at radius 3 is 1.89 bits per heavy atom. The van der Waals surface area contributed by atoms with Gasteiger partial charge in [0.2, 0.25) is 0 Å². The summed E-state index contributed by atoms with van der Waals surface area (Å²) >= 11 is 0. The Hall–Kier alpha value is -2.64. The monoisotopic (exact) mass is 737 g/mol. The third-order valence-electron chi connectivity index (χ3n) is 12.2. The number of guanidine groups is 1. The molecule has 0 aromatic heterocycles. The number of fused-ring (bicyclic) bond motifs is 1. The number of hydrogen-bond donors (Lipinski definition) is 2. The Labute approximate surface area is 326 Å². The van der Waals surface area contributed by atoms with Crippen LogP contribution in [0.4, 0.5) is 0 Å². The molecule has 0 amide bonds. The lowest BCUT2D eigenvalue weighted by molar-refractivity contribution is 0.403. The van der Waals surface area contributed by atoms with Crippen LogP contribution in [0.3, 0.4) is 0 Å². The summed E-state index contributed by atoms with van der Waals surface area (Å²) in [7, 11) is -1.01. The van der Waals surface area contributed by atoms with Gasteiger partial charge in [-0.2, -0.15) is 0 Å². The van der Waals surface area contributed by atoms with Gasteiger partial charge in [0.1, 0.15) is 0 Å². The fourth-order valence-corrected chi connectivity index (χ4v) is 13.7. The minimum atomic E-state index is -1.01. The molecular formula is C49H75N3P+. The highest BCUT2D eigenvalue weighted by Gasteiger charge is 2.36. The first-order valence-corrected chi connectivity index (χ1v) is 24.8. The van der Waals surface area contributed by atoms with E-state index < -0.39 is 7.26 Å². The fourth-order valence-electron chi connectivity index (χ4n) is 8.92. The molecule has 2 aliphatic carbocycles. The van der Waals surface area contributed by atoms with Crippen molar-refractivity contribution >= 4 is 30.1 Å². The van der Waals surface area contributed by atoms with Crippen LogP contribution < -0.4 is 10.6 Å². The van der Waals surface area contributed by atoms with Gasteiger partial charge in [0, 0.05) is 13.3 Å². The normalized spacial score (nSPS) is 17.1. The van der Waals surface area contributed by atoms with E-state index in [1.54, 1.807) is 5.56 Å². The van der Waals surface area contributed by atoms with Crippen LogP contribution in [0, 0.1) is 0 Å². The zero-order chi connectivity index (χ0) is 37.0. The summed E-state index contributed by atoms with van der Waals surface area (Å²) in [6.07, 6.45) is 36.9. The molecule has 53 heavy (non-hydrogen) atoms. The topological polar surface area (TPSA) is 36.4 Å². The molecule has 0 saturated heterocycles. The molecule has 2 saturated carbocycles. The molecule has 0 unspecified atom stereocenters. The van der Waals surface area contributed by atoms with Gasteiger partial charge in [0.15, 0.2) is 5.96 Å². The van der Waals surface area contributed by atoms with E-state index in [-0.39, 0.29) is 6.04 Å². The maximum atomic E-state index is 5.41. The van der Waals surface area contributed by atoms with Crippen LogP contribution in [-0.2, 0) is 12.6 Å². The van der Waals surface area contributed by atoms with Crippen molar-refractivity contribution in [2.75, 3.05) is 18.5 Å². The van der Waals surface area contributed by atoms with Crippen LogP contribution in [-0.4, -0.2) is 42.6 Å². The van der Waals surface area contributed by atoms with Gasteiger partial charge in [-0.15, -0.1) is 0 Å². The van der Waals surface area contributed by atoms with E-state index in [0.717, 1.165) is 12.4 Å². The van der Waals surface area contributed by atoms with Crippen molar-refractivity contribution in [2.45, 2.75) is 173 Å². The Morgan fingerprint density at radius 2 is 1.26 bits per heavy atom. The number of unbranched alkanes of at least 4 members (excludes halogenated alkanes) is 6. The molecule has 290 valence electrons. The van der Waals surface area contributed by atoms with E-state index in [9.17, 15) is 0 Å². The van der Waals surface area contributed by atoms with Crippen LogP contribution in [0.15, 0.2) is 77.8 Å². The van der Waals surface area contributed by atoms with Crippen LogP contribution in [0.5, 0.6) is 0 Å². The second-order valence-electron chi connectivity index (χ2n) is 16.8. The molecule has 0 aliphatic heterocycles. The minimum absolute atomic E-state index is 0.142. The maximum Gasteiger partial charge on any atom is 0.192 e. The van der Waals surface area contributed by atoms with Crippen molar-refractivity contribution in [2.24, 2.45) is 4.99 Å². The van der Waals surface area contributed by atoms with Crippen molar-refractivity contribution in [1.29, 1.82) is 0 Å². The van der Waals surface area contributed by atoms with Crippen LogP contribution in [0.1, 0.15) is 159 Å². The molecule has 3 aromatic carbocycles. The minimum Gasteiger partial charge on any atom is -0.354 e. The number of aliphatic imine (C=N–C) groups is 1. The Balaban J connectivity index is 1.36. The second kappa shape index (κ2) is 23.3. The van der Waals surface area contributed by atoms with Crippen LogP contribution in [0.2, 0.25) is 0 Å². The zero-order valence-electron chi connectivity index (χ0n) is 34.1. The highest BCUT2D eigenvalue weighted by atomic mass is 31.2. The van der Waals surface area contributed by atoms with E-state index in [2.05, 4.69) is 110 Å². The summed E-state index contributed by atoms with van der Waals surface area (Å²) in [5, 5.41) is 10.6. The van der Waals surface area contributed by atoms with Gasteiger partial charge in [-0.25, -0.2) is 4.99 Å². The highest BCUT2D eigenvalue weighted by molar-refractivity contribution is 7.75. The lowest BCUT2D eigenvalue weighted by Gasteiger charge is -2.29. The lowest BCUT2D eigenvalue weighted by Crippen LogP contribution is -2.48. The smallest absolute Gasteiger partial charge is 0.192 e. The van der Waals surface area contributed by atoms with E-state index >= 15 is 0 Å². The molecule has 0 bridgehead atoms. The Bertz CT molecular complexity index is 1470. The standard InChI is InChI=1S/C49H75N3P/c1-4-7-18-35-53(36-19-8-5-2,37-20-9-6-3)40-42-29-27-41(28-30-42)32-34-48(39-43-31-33-44-21-16-17-22-45(44)38-43)52-49(50-46-23-12-10-13-24-46)51-47-25-14-11-15-26-47/h16-17,21-22,27-34,38,46-48H,4-15,18-20,23-26,35-37,39-40H2,1-3H3,(H2,50,51,52)/q+1/b34-32-/t48-/m1/s1. The molecule has 2 N–H and O–H groups in total. The van der Waals surface area contributed by atoms with E-state index in [1.807, 2.05) is 0 Å². The number of hydrogen-bond acceptors (Lipinski definition) is 1. The van der Waals surface area contributed by atoms with Crippen LogP contribution in [0.25, 0.3) is 16.8 Å². The van der Waals surface area contributed by atoms with Gasteiger partial charge in [0.25, 0.3) is 0 Å². The molecule has 3 aromatic rings. The zero-order valence-corrected chi connectivity index (χ0v) is 35.0. The molecule has 5 rings (SSSR count). The lowest BCUT2D eigenvalue weighted by atomic mass is 9.95. The summed E-state index contributed by atoms with van der Waals surface area (Å²) in [4.78, 5) is 5.41. The highest BCUT2D eigenvalue weighted by Crippen LogP contribution is 2.63. The van der Waals surface area contributed by atoms with E-state index in [1.165, 1.54) is 169 Å². The molecule has 4 heteroatoms. The molecule has 0 spiro atoms. The molecule has 2 fully saturated rings. The van der Waals surface area contributed by atoms with Gasteiger partial charge in [-0.05, 0) is 78.8 Å². The molecule has 0 radical (unpaired) electrons. The van der Waals surface area contributed by atoms with Crippen molar-refractivity contribution in [3.63, 3.8) is 0 Å². The van der Waals surface area contributed by atoms with Gasteiger partial charge in [0.05, 0.1) is 36.7 Å². The predicted molar refractivity (Wildman–Crippen MR) is 238 cm³/mol. The summed E-state index contributed by atoms with van der Waals surface area (Å²) in [5.74, 6) is 1.03. The number of rotatable bonds is 21. The molecule has 3 nitrogen and oxygen atoms in total. The SMILES string of the molecule is CCCCC[P+](CCCCC)(CCCCC)Cc1ccc(/C=C\[C@H](Cc2ccc3ccccc3c2)NC(=NC2CCCCC2)NC2CCCCC2)cc1. The molecule has 0 heterocycles. The third-order valence-corrected chi connectivity index (χ3v) is 17.0. The first-order valence-electron chi connectivity index (χ1n) is 22.3. The number of benzene rings is 3. The van der Waals surface area contributed by atoms with Gasteiger partial charge >= 0.3 is 0 Å². The Kier molecular flexibility index (Phi) is 18.3. The van der Waals surface area contributed by atoms with E-state index in [4.69, 9.17) is 4.99 Å². The number of nitrogens with one attached hydrogen (secondary N) is 2. The van der Waals surface area contributed by atoms with Crippen molar-refractivity contribution in [3.8, 4) is 0 Å². The summed E-state index contributed by atoms with van der Waals surface area (Å²) < 4.78 is 0. The van der Waals surface area contributed by atoms with Gasteiger partial charge in [-0.3, -0.25) is 0 Å². The largest absolute Gasteiger partial charge is 0.354 e. The quantitative estimate of drug-likeness (QED) is 0.0494. The molecular weight excluding hydrogens is 662 g/mol. The fraction of sp³-hybridized carbons (Fsp3) is 0.612. The number of nitrogens with zero attached hydrogens (tertiary/aromatic N) is 1. The van der Waals surface area contributed by atoms with Crippen LogP contribution >= 0.6 is 7.26 Å². The third kappa shape index (κ3) is 14.5. The first-order chi connectivity index (χ1) is 26.1. The Morgan fingerprint density at radius 1 is 0.679 bits per heavy atom. The van der Waals surface area contributed by atoms with E-state index in [0.29, 0.717) is 12.1 Å². The summed E-state index contributed by atoms with van der Waals surface area (Å²) in [5.41, 5.74) is 4.24. The summed E-state index contributed by atoms with van der Waals surface area (Å²) in [6.45, 7) is 7.08. The maximum absolute atomic E-state index is 5.41. The molecule has 1 atom stereocenters. The van der Waals surface area contributed by atoms with Crippen molar-refractivity contribution in [3.05, 3.63) is 89.5 Å². The average molecular weight is 737 g/mol. The summed E-state index contributed by atoms with van der Waals surface area (Å²) in [6, 6.07) is 26.6.